The highest BCUT2D eigenvalue weighted by atomic mass is 19.3. The van der Waals surface area contributed by atoms with E-state index in [1.54, 1.807) is 18.2 Å². The Labute approximate surface area is 128 Å². The number of halogens is 2. The highest BCUT2D eigenvalue weighted by Gasteiger charge is 2.15. The molecule has 4 nitrogen and oxygen atoms in total. The second-order valence-electron chi connectivity index (χ2n) is 5.52. The van der Waals surface area contributed by atoms with Gasteiger partial charge in [0.25, 0.3) is 12.3 Å². The van der Waals surface area contributed by atoms with E-state index in [0.29, 0.717) is 16.6 Å². The lowest BCUT2D eigenvalue weighted by Gasteiger charge is -2.13. The number of amides is 1. The molecule has 1 aromatic heterocycles. The summed E-state index contributed by atoms with van der Waals surface area (Å²) < 4.78 is 25.2. The molecule has 0 radical (unpaired) electrons. The lowest BCUT2D eigenvalue weighted by Crippen LogP contribution is -2.32. The van der Waals surface area contributed by atoms with Crippen molar-refractivity contribution in [1.82, 2.24) is 15.3 Å². The van der Waals surface area contributed by atoms with E-state index < -0.39 is 6.43 Å². The predicted octanol–water partition coefficient (Wildman–Crippen LogP) is 4.20. The topological polar surface area (TPSA) is 57.8 Å². The van der Waals surface area contributed by atoms with Gasteiger partial charge >= 0.3 is 0 Å². The van der Waals surface area contributed by atoms with Gasteiger partial charge in [0.15, 0.2) is 5.82 Å². The highest BCUT2D eigenvalue weighted by Crippen LogP contribution is 2.20. The number of nitrogens with zero attached hydrogens (tertiary/aromatic N) is 1. The molecule has 1 unspecified atom stereocenters. The summed E-state index contributed by atoms with van der Waals surface area (Å²) in [5.74, 6) is -0.570. The molecule has 22 heavy (non-hydrogen) atoms. The lowest BCUT2D eigenvalue weighted by atomic mass is 10.1. The SMILES string of the molecule is CCCCCC(C)NC(=O)c1ccc2nc(C(F)F)[nH]c2c1. The smallest absolute Gasteiger partial charge is 0.295 e. The van der Waals surface area contributed by atoms with E-state index in [1.807, 2.05) is 6.92 Å². The van der Waals surface area contributed by atoms with E-state index >= 15 is 0 Å². The van der Waals surface area contributed by atoms with E-state index in [9.17, 15) is 13.6 Å². The van der Waals surface area contributed by atoms with Gasteiger partial charge in [0.1, 0.15) is 0 Å². The molecule has 2 N–H and O–H groups in total. The van der Waals surface area contributed by atoms with Crippen LogP contribution in [0.4, 0.5) is 8.78 Å². The van der Waals surface area contributed by atoms with Crippen LogP contribution < -0.4 is 5.32 Å². The van der Waals surface area contributed by atoms with E-state index in [-0.39, 0.29) is 17.8 Å². The average molecular weight is 309 g/mol. The summed E-state index contributed by atoms with van der Waals surface area (Å²) in [4.78, 5) is 18.5. The van der Waals surface area contributed by atoms with Crippen LogP contribution in [0.15, 0.2) is 18.2 Å². The summed E-state index contributed by atoms with van der Waals surface area (Å²) in [6.45, 7) is 4.10. The Kier molecular flexibility index (Phi) is 5.46. The first kappa shape index (κ1) is 16.4. The summed E-state index contributed by atoms with van der Waals surface area (Å²) >= 11 is 0. The number of carbonyl (C=O) groups excluding carboxylic acids is 1. The van der Waals surface area contributed by atoms with E-state index in [4.69, 9.17) is 0 Å². The van der Waals surface area contributed by atoms with Crippen molar-refractivity contribution in [3.05, 3.63) is 29.6 Å². The maximum atomic E-state index is 12.6. The number of unbranched alkanes of at least 4 members (excludes halogenated alkanes) is 2. The van der Waals surface area contributed by atoms with Crippen LogP contribution in [-0.4, -0.2) is 21.9 Å². The molecule has 120 valence electrons. The van der Waals surface area contributed by atoms with Gasteiger partial charge in [-0.2, -0.15) is 0 Å². The third-order valence-electron chi connectivity index (χ3n) is 3.59. The van der Waals surface area contributed by atoms with Gasteiger partial charge in [0.05, 0.1) is 11.0 Å². The first-order valence-electron chi connectivity index (χ1n) is 7.60. The van der Waals surface area contributed by atoms with Gasteiger partial charge in [-0.3, -0.25) is 4.79 Å². The molecule has 2 rings (SSSR count). The summed E-state index contributed by atoms with van der Waals surface area (Å²) in [6.07, 6.45) is 1.65. The first-order valence-corrected chi connectivity index (χ1v) is 7.60. The number of hydrogen-bond donors (Lipinski definition) is 2. The zero-order valence-electron chi connectivity index (χ0n) is 12.8. The maximum Gasteiger partial charge on any atom is 0.295 e. The van der Waals surface area contributed by atoms with Crippen molar-refractivity contribution in [3.63, 3.8) is 0 Å². The van der Waals surface area contributed by atoms with Crippen LogP contribution in [0.3, 0.4) is 0 Å². The molecule has 6 heteroatoms. The number of alkyl halides is 2. The minimum atomic E-state index is -2.65. The molecule has 0 saturated carbocycles. The number of benzene rings is 1. The Bertz CT molecular complexity index is 639. The molecule has 0 bridgehead atoms. The van der Waals surface area contributed by atoms with Crippen molar-refractivity contribution < 1.29 is 13.6 Å². The molecule has 1 amide bonds. The average Bonchev–Trinajstić information content (AvgIpc) is 2.90. The number of hydrogen-bond acceptors (Lipinski definition) is 2. The molecule has 0 aliphatic rings. The van der Waals surface area contributed by atoms with E-state index in [2.05, 4.69) is 22.2 Å². The Morgan fingerprint density at radius 2 is 2.14 bits per heavy atom. The molecule has 0 aliphatic heterocycles. The number of H-pyrrole nitrogens is 1. The number of aromatic amines is 1. The van der Waals surface area contributed by atoms with Gasteiger partial charge in [0.2, 0.25) is 0 Å². The monoisotopic (exact) mass is 309 g/mol. The number of nitrogens with one attached hydrogen (secondary N) is 2. The van der Waals surface area contributed by atoms with Crippen molar-refractivity contribution in [2.75, 3.05) is 0 Å². The molecule has 0 spiro atoms. The maximum absolute atomic E-state index is 12.6. The summed E-state index contributed by atoms with van der Waals surface area (Å²) in [7, 11) is 0. The quantitative estimate of drug-likeness (QED) is 0.753. The zero-order valence-corrected chi connectivity index (χ0v) is 12.8. The molecule has 2 aromatic rings. The third-order valence-corrected chi connectivity index (χ3v) is 3.59. The Morgan fingerprint density at radius 3 is 2.82 bits per heavy atom. The Morgan fingerprint density at radius 1 is 1.36 bits per heavy atom. The summed E-state index contributed by atoms with van der Waals surface area (Å²) in [6, 6.07) is 4.83. The highest BCUT2D eigenvalue weighted by molar-refractivity contribution is 5.97. The van der Waals surface area contributed by atoms with Gasteiger partial charge in [-0.25, -0.2) is 13.8 Å². The van der Waals surface area contributed by atoms with Gasteiger partial charge in [-0.1, -0.05) is 26.2 Å². The fourth-order valence-corrected chi connectivity index (χ4v) is 2.35. The Hall–Kier alpha value is -1.98. The molecule has 0 fully saturated rings. The van der Waals surface area contributed by atoms with Crippen molar-refractivity contribution in [2.24, 2.45) is 0 Å². The first-order chi connectivity index (χ1) is 10.5. The molecule has 0 aliphatic carbocycles. The van der Waals surface area contributed by atoms with E-state index in [1.165, 1.54) is 0 Å². The number of fused-ring (bicyclic) bond motifs is 1. The van der Waals surface area contributed by atoms with Gasteiger partial charge < -0.3 is 10.3 Å². The fraction of sp³-hybridized carbons (Fsp3) is 0.500. The van der Waals surface area contributed by atoms with Crippen molar-refractivity contribution in [2.45, 2.75) is 52.0 Å². The normalized spacial score (nSPS) is 12.8. The van der Waals surface area contributed by atoms with Crippen LogP contribution in [0.5, 0.6) is 0 Å². The van der Waals surface area contributed by atoms with Crippen LogP contribution in [0.1, 0.15) is 62.1 Å². The second kappa shape index (κ2) is 7.33. The predicted molar refractivity (Wildman–Crippen MR) is 82.1 cm³/mol. The standard InChI is InChI=1S/C16H21F2N3O/c1-3-4-5-6-10(2)19-16(22)11-7-8-12-13(9-11)21-15(20-12)14(17)18/h7-10,14H,3-6H2,1-2H3,(H,19,22)(H,20,21). The number of carbonyl (C=O) groups is 1. The molecule has 1 aromatic carbocycles. The lowest BCUT2D eigenvalue weighted by molar-refractivity contribution is 0.0938. The fourth-order valence-electron chi connectivity index (χ4n) is 2.35. The van der Waals surface area contributed by atoms with Crippen LogP contribution in [0.2, 0.25) is 0 Å². The molecule has 0 saturated heterocycles. The van der Waals surface area contributed by atoms with Crippen LogP contribution >= 0.6 is 0 Å². The van der Waals surface area contributed by atoms with Crippen LogP contribution in [0.25, 0.3) is 11.0 Å². The van der Waals surface area contributed by atoms with E-state index in [0.717, 1.165) is 25.7 Å². The molecule has 1 heterocycles. The number of aromatic nitrogens is 2. The van der Waals surface area contributed by atoms with Crippen molar-refractivity contribution in [1.29, 1.82) is 0 Å². The zero-order chi connectivity index (χ0) is 16.1. The third kappa shape index (κ3) is 4.02. The van der Waals surface area contributed by atoms with Gasteiger partial charge in [0, 0.05) is 11.6 Å². The molecular weight excluding hydrogens is 288 g/mol. The Balaban J connectivity index is 2.04. The minimum absolute atomic E-state index is 0.0909. The minimum Gasteiger partial charge on any atom is -0.350 e. The second-order valence-corrected chi connectivity index (χ2v) is 5.52. The van der Waals surface area contributed by atoms with Gasteiger partial charge in [-0.15, -0.1) is 0 Å². The summed E-state index contributed by atoms with van der Waals surface area (Å²) in [5, 5.41) is 2.93. The molecule has 1 atom stereocenters. The largest absolute Gasteiger partial charge is 0.350 e. The number of imidazole rings is 1. The van der Waals surface area contributed by atoms with Gasteiger partial charge in [-0.05, 0) is 31.5 Å². The molecular formula is C16H21F2N3O. The van der Waals surface area contributed by atoms with Crippen LogP contribution in [-0.2, 0) is 0 Å². The number of rotatable bonds is 7. The van der Waals surface area contributed by atoms with Crippen molar-refractivity contribution in [3.8, 4) is 0 Å². The summed E-state index contributed by atoms with van der Waals surface area (Å²) in [5.41, 5.74) is 1.32. The van der Waals surface area contributed by atoms with Crippen LogP contribution in [0, 0.1) is 0 Å². The van der Waals surface area contributed by atoms with Crippen molar-refractivity contribution >= 4 is 16.9 Å².